The third-order valence-electron chi connectivity index (χ3n) is 3.74. The molecule has 0 spiro atoms. The van der Waals surface area contributed by atoms with Crippen molar-refractivity contribution in [1.29, 1.82) is 5.26 Å². The number of benzene rings is 1. The molecule has 0 fully saturated rings. The molecule has 1 aromatic heterocycles. The summed E-state index contributed by atoms with van der Waals surface area (Å²) in [5, 5.41) is 10.3. The lowest BCUT2D eigenvalue weighted by Gasteiger charge is -2.17. The zero-order chi connectivity index (χ0) is 13.9. The number of hydrogen-bond acceptors (Lipinski definition) is 3. The van der Waals surface area contributed by atoms with Gasteiger partial charge in [-0.05, 0) is 36.3 Å². The standard InChI is InChI=1S/C17H16N2S/c1-12-7-8-14-15(10-18)17(20-16(14)9-12)19-11-13-5-3-2-4-6-13/h2-6,11-12H,7-9H2,1H3/t12-/m0/s1. The number of fused-ring (bicyclic) bond motifs is 1. The molecule has 3 heteroatoms. The van der Waals surface area contributed by atoms with Gasteiger partial charge in [-0.1, -0.05) is 37.3 Å². The first-order chi connectivity index (χ1) is 9.78. The van der Waals surface area contributed by atoms with Crippen molar-refractivity contribution < 1.29 is 0 Å². The monoisotopic (exact) mass is 280 g/mol. The molecule has 20 heavy (non-hydrogen) atoms. The fraction of sp³-hybridized carbons (Fsp3) is 0.294. The van der Waals surface area contributed by atoms with Gasteiger partial charge in [-0.15, -0.1) is 11.3 Å². The Hall–Kier alpha value is -1.92. The maximum Gasteiger partial charge on any atom is 0.134 e. The van der Waals surface area contributed by atoms with Crippen LogP contribution in [-0.2, 0) is 12.8 Å². The summed E-state index contributed by atoms with van der Waals surface area (Å²) in [5.74, 6) is 0.721. The van der Waals surface area contributed by atoms with E-state index in [1.165, 1.54) is 16.9 Å². The Morgan fingerprint density at radius 3 is 2.90 bits per heavy atom. The molecule has 3 rings (SSSR count). The maximum atomic E-state index is 9.41. The number of nitrogens with zero attached hydrogens (tertiary/aromatic N) is 2. The van der Waals surface area contributed by atoms with Gasteiger partial charge in [0.1, 0.15) is 11.1 Å². The molecule has 0 aliphatic heterocycles. The van der Waals surface area contributed by atoms with E-state index >= 15 is 0 Å². The second-order valence-electron chi connectivity index (χ2n) is 5.31. The van der Waals surface area contributed by atoms with Crippen molar-refractivity contribution in [1.82, 2.24) is 0 Å². The molecule has 0 bridgehead atoms. The van der Waals surface area contributed by atoms with E-state index < -0.39 is 0 Å². The predicted molar refractivity (Wildman–Crippen MR) is 83.9 cm³/mol. The number of rotatable bonds is 2. The van der Waals surface area contributed by atoms with Gasteiger partial charge >= 0.3 is 0 Å². The summed E-state index contributed by atoms with van der Waals surface area (Å²) >= 11 is 1.69. The van der Waals surface area contributed by atoms with E-state index in [1.54, 1.807) is 11.3 Å². The van der Waals surface area contributed by atoms with Gasteiger partial charge < -0.3 is 0 Å². The summed E-state index contributed by atoms with van der Waals surface area (Å²) < 4.78 is 0. The summed E-state index contributed by atoms with van der Waals surface area (Å²) in [6.45, 7) is 2.28. The fourth-order valence-corrected chi connectivity index (χ4v) is 3.92. The normalized spacial score (nSPS) is 17.9. The van der Waals surface area contributed by atoms with Crippen molar-refractivity contribution >= 4 is 22.6 Å². The van der Waals surface area contributed by atoms with Crippen molar-refractivity contribution in [3.05, 3.63) is 51.9 Å². The highest BCUT2D eigenvalue weighted by Crippen LogP contribution is 2.40. The third-order valence-corrected chi connectivity index (χ3v) is 4.90. The predicted octanol–water partition coefficient (Wildman–Crippen LogP) is 4.50. The molecule has 0 radical (unpaired) electrons. The highest BCUT2D eigenvalue weighted by atomic mass is 32.1. The van der Waals surface area contributed by atoms with Crippen LogP contribution in [0.15, 0.2) is 35.3 Å². The van der Waals surface area contributed by atoms with E-state index in [1.807, 2.05) is 36.5 Å². The number of nitriles is 1. The van der Waals surface area contributed by atoms with Crippen LogP contribution >= 0.6 is 11.3 Å². The van der Waals surface area contributed by atoms with Crippen LogP contribution in [0.3, 0.4) is 0 Å². The van der Waals surface area contributed by atoms with Gasteiger partial charge in [-0.3, -0.25) is 0 Å². The Morgan fingerprint density at radius 2 is 2.15 bits per heavy atom. The van der Waals surface area contributed by atoms with E-state index in [4.69, 9.17) is 0 Å². The second kappa shape index (κ2) is 5.60. The van der Waals surface area contributed by atoms with Crippen molar-refractivity contribution in [2.45, 2.75) is 26.2 Å². The Bertz CT molecular complexity index is 677. The van der Waals surface area contributed by atoms with Crippen LogP contribution in [0.25, 0.3) is 0 Å². The molecule has 0 saturated heterocycles. The SMILES string of the molecule is C[C@H]1CCc2c(sc(N=Cc3ccccc3)c2C#N)C1. The summed E-state index contributed by atoms with van der Waals surface area (Å²) in [6.07, 6.45) is 5.15. The number of thiophene rings is 1. The molecule has 0 amide bonds. The lowest BCUT2D eigenvalue weighted by molar-refractivity contribution is 0.507. The van der Waals surface area contributed by atoms with Crippen molar-refractivity contribution in [3.63, 3.8) is 0 Å². The van der Waals surface area contributed by atoms with E-state index in [-0.39, 0.29) is 0 Å². The third kappa shape index (κ3) is 2.52. The summed E-state index contributed by atoms with van der Waals surface area (Å²) in [5.41, 5.74) is 3.11. The molecule has 0 saturated carbocycles. The summed E-state index contributed by atoms with van der Waals surface area (Å²) in [4.78, 5) is 5.91. The highest BCUT2D eigenvalue weighted by Gasteiger charge is 2.23. The van der Waals surface area contributed by atoms with Crippen LogP contribution in [0.4, 0.5) is 5.00 Å². The molecule has 1 atom stereocenters. The van der Waals surface area contributed by atoms with Gasteiger partial charge in [-0.2, -0.15) is 5.26 Å². The topological polar surface area (TPSA) is 36.1 Å². The van der Waals surface area contributed by atoms with E-state index in [0.29, 0.717) is 0 Å². The highest BCUT2D eigenvalue weighted by molar-refractivity contribution is 7.16. The van der Waals surface area contributed by atoms with Crippen LogP contribution in [0, 0.1) is 17.2 Å². The zero-order valence-electron chi connectivity index (χ0n) is 11.5. The molecule has 1 aromatic carbocycles. The number of aliphatic imine (C=N–C) groups is 1. The first-order valence-corrected chi connectivity index (χ1v) is 7.73. The minimum absolute atomic E-state index is 0.721. The van der Waals surface area contributed by atoms with Crippen LogP contribution in [0.5, 0.6) is 0 Å². The Morgan fingerprint density at radius 1 is 1.35 bits per heavy atom. The van der Waals surface area contributed by atoms with Gasteiger partial charge in [0.2, 0.25) is 0 Å². The molecule has 2 aromatic rings. The van der Waals surface area contributed by atoms with Crippen LogP contribution in [0.1, 0.15) is 34.9 Å². The molecule has 2 nitrogen and oxygen atoms in total. The van der Waals surface area contributed by atoms with Gasteiger partial charge in [0, 0.05) is 11.1 Å². The largest absolute Gasteiger partial charge is 0.244 e. The van der Waals surface area contributed by atoms with Gasteiger partial charge in [0.05, 0.1) is 5.56 Å². The van der Waals surface area contributed by atoms with E-state index in [2.05, 4.69) is 18.0 Å². The van der Waals surface area contributed by atoms with Crippen LogP contribution < -0.4 is 0 Å². The molecule has 0 N–H and O–H groups in total. The van der Waals surface area contributed by atoms with E-state index in [9.17, 15) is 5.26 Å². The molecule has 0 unspecified atom stereocenters. The van der Waals surface area contributed by atoms with Crippen molar-refractivity contribution in [2.24, 2.45) is 10.9 Å². The number of hydrogen-bond donors (Lipinski definition) is 0. The average molecular weight is 280 g/mol. The Labute approximate surface area is 123 Å². The lowest BCUT2D eigenvalue weighted by atomic mass is 9.89. The van der Waals surface area contributed by atoms with Crippen molar-refractivity contribution in [3.8, 4) is 6.07 Å². The minimum atomic E-state index is 0.721. The molecule has 100 valence electrons. The van der Waals surface area contributed by atoms with Crippen molar-refractivity contribution in [2.75, 3.05) is 0 Å². The van der Waals surface area contributed by atoms with Gasteiger partial charge in [0.25, 0.3) is 0 Å². The Kier molecular flexibility index (Phi) is 3.66. The van der Waals surface area contributed by atoms with Crippen LogP contribution in [0.2, 0.25) is 0 Å². The second-order valence-corrected chi connectivity index (χ2v) is 6.40. The average Bonchev–Trinajstić information content (AvgIpc) is 2.82. The smallest absolute Gasteiger partial charge is 0.134 e. The molecular weight excluding hydrogens is 264 g/mol. The van der Waals surface area contributed by atoms with Crippen LogP contribution in [-0.4, -0.2) is 6.21 Å². The summed E-state index contributed by atoms with van der Waals surface area (Å²) in [7, 11) is 0. The molecule has 1 aliphatic carbocycles. The summed E-state index contributed by atoms with van der Waals surface area (Å²) in [6, 6.07) is 12.4. The quantitative estimate of drug-likeness (QED) is 0.746. The Balaban J connectivity index is 1.95. The fourth-order valence-electron chi connectivity index (χ4n) is 2.61. The molecule has 1 heterocycles. The maximum absolute atomic E-state index is 9.41. The first-order valence-electron chi connectivity index (χ1n) is 6.91. The van der Waals surface area contributed by atoms with Gasteiger partial charge in [-0.25, -0.2) is 4.99 Å². The van der Waals surface area contributed by atoms with E-state index in [0.717, 1.165) is 34.9 Å². The molecule has 1 aliphatic rings. The van der Waals surface area contributed by atoms with Gasteiger partial charge in [0.15, 0.2) is 0 Å². The lowest BCUT2D eigenvalue weighted by Crippen LogP contribution is -2.09. The zero-order valence-corrected chi connectivity index (χ0v) is 12.3. The first kappa shape index (κ1) is 13.1. The molecular formula is C17H16N2S. The minimum Gasteiger partial charge on any atom is -0.244 e.